The van der Waals surface area contributed by atoms with Crippen molar-refractivity contribution in [3.05, 3.63) is 36.0 Å². The van der Waals surface area contributed by atoms with Gasteiger partial charge in [-0.3, -0.25) is 9.59 Å². The van der Waals surface area contributed by atoms with Crippen molar-refractivity contribution in [1.82, 2.24) is 9.47 Å². The number of para-hydroxylation sites is 1. The summed E-state index contributed by atoms with van der Waals surface area (Å²) in [6.07, 6.45) is 1.21. The lowest BCUT2D eigenvalue weighted by atomic mass is 9.80. The molecule has 2 heterocycles. The molecule has 0 spiro atoms. The van der Waals surface area contributed by atoms with Gasteiger partial charge in [-0.25, -0.2) is 0 Å². The number of carbonyl (C=O) groups excluding carboxylic acids is 1. The van der Waals surface area contributed by atoms with Gasteiger partial charge in [0.25, 0.3) is 0 Å². The lowest BCUT2D eigenvalue weighted by Gasteiger charge is -2.39. The van der Waals surface area contributed by atoms with Crippen LogP contribution in [-0.4, -0.2) is 53.3 Å². The van der Waals surface area contributed by atoms with Crippen LogP contribution in [0.25, 0.3) is 10.9 Å². The van der Waals surface area contributed by atoms with Crippen LogP contribution in [-0.2, 0) is 20.9 Å². The Morgan fingerprint density at radius 2 is 2.08 bits per heavy atom. The first-order valence-corrected chi connectivity index (χ1v) is 8.52. The molecular formula is C19H24N2O4. The summed E-state index contributed by atoms with van der Waals surface area (Å²) in [5.41, 5.74) is 1.04. The summed E-state index contributed by atoms with van der Waals surface area (Å²) in [5.74, 6) is -0.944. The summed E-state index contributed by atoms with van der Waals surface area (Å²) in [6, 6.07) is 10.0. The number of rotatable bonds is 5. The molecule has 1 atom stereocenters. The molecule has 134 valence electrons. The molecule has 1 amide bonds. The third-order valence-electron chi connectivity index (χ3n) is 5.11. The van der Waals surface area contributed by atoms with Gasteiger partial charge >= 0.3 is 5.97 Å². The minimum atomic E-state index is -1.00. The number of ether oxygens (including phenoxy) is 1. The minimum Gasteiger partial charge on any atom is -0.481 e. The van der Waals surface area contributed by atoms with Crippen molar-refractivity contribution in [2.75, 3.05) is 26.8 Å². The second-order valence-corrected chi connectivity index (χ2v) is 6.87. The zero-order chi connectivity index (χ0) is 18.0. The second-order valence-electron chi connectivity index (χ2n) is 6.87. The third-order valence-corrected chi connectivity index (χ3v) is 5.11. The molecule has 1 saturated heterocycles. The molecule has 1 unspecified atom stereocenters. The van der Waals surface area contributed by atoms with Gasteiger partial charge in [0.05, 0.1) is 6.61 Å². The molecule has 0 radical (unpaired) electrons. The Morgan fingerprint density at radius 3 is 2.80 bits per heavy atom. The first-order chi connectivity index (χ1) is 12.0. The highest BCUT2D eigenvalue weighted by molar-refractivity contribution is 5.85. The van der Waals surface area contributed by atoms with Crippen molar-refractivity contribution in [1.29, 1.82) is 0 Å². The normalized spacial score (nSPS) is 20.8. The van der Waals surface area contributed by atoms with Gasteiger partial charge in [-0.05, 0) is 37.3 Å². The molecule has 3 rings (SSSR count). The van der Waals surface area contributed by atoms with Crippen molar-refractivity contribution in [3.63, 3.8) is 0 Å². The number of methoxy groups -OCH3 is 1. The van der Waals surface area contributed by atoms with Gasteiger partial charge in [0.2, 0.25) is 5.91 Å². The van der Waals surface area contributed by atoms with Crippen molar-refractivity contribution >= 4 is 22.8 Å². The van der Waals surface area contributed by atoms with E-state index in [2.05, 4.69) is 6.07 Å². The number of carboxylic acid groups (broad SMARTS) is 1. The fraction of sp³-hybridized carbons (Fsp3) is 0.474. The van der Waals surface area contributed by atoms with E-state index in [0.29, 0.717) is 19.4 Å². The average Bonchev–Trinajstić information content (AvgIpc) is 2.91. The van der Waals surface area contributed by atoms with Crippen LogP contribution in [0.4, 0.5) is 0 Å². The number of nitrogens with zero attached hydrogens (tertiary/aromatic N) is 2. The lowest BCUT2D eigenvalue weighted by molar-refractivity contribution is -0.159. The molecule has 2 aromatic rings. The Bertz CT molecular complexity index is 794. The molecule has 0 aliphatic carbocycles. The number of fused-ring (bicyclic) bond motifs is 1. The van der Waals surface area contributed by atoms with Crippen molar-refractivity contribution in [2.45, 2.75) is 26.3 Å². The minimum absolute atomic E-state index is 0.0501. The van der Waals surface area contributed by atoms with E-state index in [1.807, 2.05) is 35.8 Å². The van der Waals surface area contributed by atoms with Crippen LogP contribution in [0.1, 0.15) is 18.5 Å². The zero-order valence-corrected chi connectivity index (χ0v) is 14.7. The van der Waals surface area contributed by atoms with Crippen LogP contribution in [0.3, 0.4) is 0 Å². The SMILES string of the molecule is COCC1(C(=O)O)CCCN(C(=O)Cn2c(C)cc3ccccc32)C1. The maximum Gasteiger partial charge on any atom is 0.313 e. The highest BCUT2D eigenvalue weighted by Crippen LogP contribution is 2.31. The number of aromatic nitrogens is 1. The largest absolute Gasteiger partial charge is 0.481 e. The van der Waals surface area contributed by atoms with Crippen LogP contribution in [0.2, 0.25) is 0 Å². The number of hydrogen-bond acceptors (Lipinski definition) is 3. The predicted molar refractivity (Wildman–Crippen MR) is 94.4 cm³/mol. The van der Waals surface area contributed by atoms with Crippen LogP contribution in [0.15, 0.2) is 30.3 Å². The van der Waals surface area contributed by atoms with Gasteiger partial charge < -0.3 is 19.3 Å². The van der Waals surface area contributed by atoms with Crippen LogP contribution in [0.5, 0.6) is 0 Å². The number of carboxylic acids is 1. The molecule has 1 aliphatic heterocycles. The molecule has 6 nitrogen and oxygen atoms in total. The average molecular weight is 344 g/mol. The maximum atomic E-state index is 12.8. The highest BCUT2D eigenvalue weighted by Gasteiger charge is 2.43. The van der Waals surface area contributed by atoms with E-state index in [-0.39, 0.29) is 25.6 Å². The Hall–Kier alpha value is -2.34. The van der Waals surface area contributed by atoms with Gasteiger partial charge in [0, 0.05) is 31.4 Å². The molecule has 6 heteroatoms. The molecule has 1 N–H and O–H groups in total. The molecule has 1 aliphatic rings. The maximum absolute atomic E-state index is 12.8. The van der Waals surface area contributed by atoms with Crippen molar-refractivity contribution in [2.24, 2.45) is 5.41 Å². The number of aryl methyl sites for hydroxylation is 1. The van der Waals surface area contributed by atoms with E-state index in [9.17, 15) is 14.7 Å². The monoisotopic (exact) mass is 344 g/mol. The van der Waals surface area contributed by atoms with E-state index in [4.69, 9.17) is 4.74 Å². The quantitative estimate of drug-likeness (QED) is 0.903. The molecule has 1 fully saturated rings. The van der Waals surface area contributed by atoms with Crippen molar-refractivity contribution in [3.8, 4) is 0 Å². The topological polar surface area (TPSA) is 71.8 Å². The third kappa shape index (κ3) is 3.26. The van der Waals surface area contributed by atoms with Crippen LogP contribution < -0.4 is 0 Å². The summed E-state index contributed by atoms with van der Waals surface area (Å²) < 4.78 is 7.12. The first kappa shape index (κ1) is 17.5. The van der Waals surface area contributed by atoms with E-state index in [1.54, 1.807) is 4.90 Å². The standard InChI is InChI=1S/C19H24N2O4/c1-14-10-15-6-3-4-7-16(15)21(14)11-17(22)20-9-5-8-19(12-20,13-25-2)18(23)24/h3-4,6-7,10H,5,8-9,11-13H2,1-2H3,(H,23,24). The van der Waals surface area contributed by atoms with E-state index in [1.165, 1.54) is 7.11 Å². The Balaban J connectivity index is 1.80. The van der Waals surface area contributed by atoms with E-state index < -0.39 is 11.4 Å². The fourth-order valence-electron chi connectivity index (χ4n) is 3.77. The Labute approximate surface area is 147 Å². The number of benzene rings is 1. The number of likely N-dealkylation sites (tertiary alicyclic amines) is 1. The summed E-state index contributed by atoms with van der Waals surface area (Å²) in [4.78, 5) is 26.3. The smallest absolute Gasteiger partial charge is 0.313 e. The number of amides is 1. The predicted octanol–water partition coefficient (Wildman–Crippen LogP) is 2.29. The molecule has 25 heavy (non-hydrogen) atoms. The van der Waals surface area contributed by atoms with Crippen LogP contribution >= 0.6 is 0 Å². The second kappa shape index (κ2) is 6.88. The van der Waals surface area contributed by atoms with E-state index in [0.717, 1.165) is 16.6 Å². The Morgan fingerprint density at radius 1 is 1.32 bits per heavy atom. The first-order valence-electron chi connectivity index (χ1n) is 8.52. The number of hydrogen-bond donors (Lipinski definition) is 1. The number of carbonyl (C=O) groups is 2. The van der Waals surface area contributed by atoms with E-state index >= 15 is 0 Å². The molecular weight excluding hydrogens is 320 g/mol. The van der Waals surface area contributed by atoms with Gasteiger partial charge in [-0.15, -0.1) is 0 Å². The number of aliphatic carboxylic acids is 1. The molecule has 1 aromatic carbocycles. The highest BCUT2D eigenvalue weighted by atomic mass is 16.5. The lowest BCUT2D eigenvalue weighted by Crippen LogP contribution is -2.52. The Kier molecular flexibility index (Phi) is 4.81. The van der Waals surface area contributed by atoms with Gasteiger partial charge in [0.15, 0.2) is 0 Å². The summed E-state index contributed by atoms with van der Waals surface area (Å²) in [6.45, 7) is 3.12. The van der Waals surface area contributed by atoms with Crippen molar-refractivity contribution < 1.29 is 19.4 Å². The fourth-order valence-corrected chi connectivity index (χ4v) is 3.77. The van der Waals surface area contributed by atoms with Gasteiger partial charge in [-0.1, -0.05) is 18.2 Å². The molecule has 0 bridgehead atoms. The van der Waals surface area contributed by atoms with Gasteiger partial charge in [-0.2, -0.15) is 0 Å². The molecule has 1 aromatic heterocycles. The zero-order valence-electron chi connectivity index (χ0n) is 14.7. The van der Waals surface area contributed by atoms with Gasteiger partial charge in [0.1, 0.15) is 12.0 Å². The summed E-state index contributed by atoms with van der Waals surface area (Å²) in [7, 11) is 1.50. The number of piperidine rings is 1. The molecule has 0 saturated carbocycles. The van der Waals surface area contributed by atoms with Crippen LogP contribution in [0, 0.1) is 12.3 Å². The summed E-state index contributed by atoms with van der Waals surface area (Å²) >= 11 is 0. The summed E-state index contributed by atoms with van der Waals surface area (Å²) in [5, 5.41) is 10.7.